The van der Waals surface area contributed by atoms with E-state index in [0.717, 1.165) is 25.6 Å². The van der Waals surface area contributed by atoms with Crippen molar-refractivity contribution in [3.63, 3.8) is 0 Å². The van der Waals surface area contributed by atoms with Crippen LogP contribution in [0.25, 0.3) is 0 Å². The van der Waals surface area contributed by atoms with Gasteiger partial charge in [0, 0.05) is 5.92 Å². The lowest BCUT2D eigenvalue weighted by Crippen LogP contribution is -2.31. The van der Waals surface area contributed by atoms with Crippen molar-refractivity contribution < 1.29 is 4.74 Å². The van der Waals surface area contributed by atoms with Crippen LogP contribution >= 0.6 is 0 Å². The Morgan fingerprint density at radius 3 is 2.64 bits per heavy atom. The van der Waals surface area contributed by atoms with Gasteiger partial charge in [0.05, 0.1) is 6.04 Å². The summed E-state index contributed by atoms with van der Waals surface area (Å²) in [6, 6.07) is 0.403. The molecule has 0 spiro atoms. The summed E-state index contributed by atoms with van der Waals surface area (Å²) in [4.78, 5) is 4.68. The molecule has 2 aliphatic heterocycles. The molecule has 0 saturated carbocycles. The number of hydrogen-bond donors (Lipinski definition) is 1. The van der Waals surface area contributed by atoms with Crippen LogP contribution in [0.1, 0.15) is 26.7 Å². The summed E-state index contributed by atoms with van der Waals surface area (Å²) >= 11 is 0. The Morgan fingerprint density at radius 2 is 2.07 bits per heavy atom. The van der Waals surface area contributed by atoms with Crippen LogP contribution in [0.5, 0.6) is 0 Å². The Bertz CT molecular complexity index is 219. The molecule has 1 saturated heterocycles. The van der Waals surface area contributed by atoms with Gasteiger partial charge < -0.3 is 10.1 Å². The molecule has 0 bridgehead atoms. The van der Waals surface area contributed by atoms with Crippen molar-refractivity contribution in [2.24, 2.45) is 16.8 Å². The molecule has 0 aliphatic carbocycles. The van der Waals surface area contributed by atoms with Crippen LogP contribution in [0.2, 0.25) is 0 Å². The van der Waals surface area contributed by atoms with E-state index in [1.807, 2.05) is 0 Å². The van der Waals surface area contributed by atoms with Crippen LogP contribution in [-0.4, -0.2) is 31.6 Å². The average molecular weight is 196 g/mol. The third-order valence-electron chi connectivity index (χ3n) is 3.15. The second kappa shape index (κ2) is 4.30. The highest BCUT2D eigenvalue weighted by molar-refractivity contribution is 5.80. The van der Waals surface area contributed by atoms with Gasteiger partial charge in [0.2, 0.25) is 0 Å². The highest BCUT2D eigenvalue weighted by atomic mass is 16.5. The van der Waals surface area contributed by atoms with Gasteiger partial charge in [-0.15, -0.1) is 0 Å². The van der Waals surface area contributed by atoms with Crippen molar-refractivity contribution in [1.82, 2.24) is 5.32 Å². The second-order valence-corrected chi connectivity index (χ2v) is 4.61. The topological polar surface area (TPSA) is 33.6 Å². The number of nitrogens with zero attached hydrogens (tertiary/aromatic N) is 1. The zero-order valence-corrected chi connectivity index (χ0v) is 9.12. The smallest absolute Gasteiger partial charge is 0.186 e. The van der Waals surface area contributed by atoms with E-state index in [0.29, 0.717) is 17.9 Å². The van der Waals surface area contributed by atoms with Crippen LogP contribution in [-0.2, 0) is 4.74 Å². The Kier molecular flexibility index (Phi) is 3.06. The van der Waals surface area contributed by atoms with Crippen molar-refractivity contribution in [2.75, 3.05) is 19.7 Å². The number of ether oxygens (including phenoxy) is 1. The zero-order chi connectivity index (χ0) is 9.97. The molecule has 1 atom stereocenters. The first kappa shape index (κ1) is 9.97. The van der Waals surface area contributed by atoms with E-state index in [9.17, 15) is 0 Å². The van der Waals surface area contributed by atoms with Gasteiger partial charge in [0.25, 0.3) is 0 Å². The minimum absolute atomic E-state index is 0.403. The lowest BCUT2D eigenvalue weighted by molar-refractivity contribution is 0.267. The molecule has 1 N–H and O–H groups in total. The third kappa shape index (κ3) is 2.08. The zero-order valence-electron chi connectivity index (χ0n) is 9.12. The lowest BCUT2D eigenvalue weighted by atomic mass is 9.98. The summed E-state index contributed by atoms with van der Waals surface area (Å²) < 4.78 is 5.69. The Morgan fingerprint density at radius 1 is 1.36 bits per heavy atom. The van der Waals surface area contributed by atoms with Crippen LogP contribution < -0.4 is 5.32 Å². The fraction of sp³-hybridized carbons (Fsp3) is 0.909. The van der Waals surface area contributed by atoms with Crippen LogP contribution in [0.4, 0.5) is 0 Å². The van der Waals surface area contributed by atoms with Gasteiger partial charge in [-0.1, -0.05) is 13.8 Å². The van der Waals surface area contributed by atoms with Crippen molar-refractivity contribution in [3.8, 4) is 0 Å². The summed E-state index contributed by atoms with van der Waals surface area (Å²) in [5.74, 6) is 2.22. The quantitative estimate of drug-likeness (QED) is 0.725. The first-order valence-electron chi connectivity index (χ1n) is 5.68. The largest absolute Gasteiger partial charge is 0.478 e. The maximum Gasteiger partial charge on any atom is 0.186 e. The van der Waals surface area contributed by atoms with E-state index < -0.39 is 0 Å². The molecule has 2 heterocycles. The van der Waals surface area contributed by atoms with E-state index in [1.54, 1.807) is 0 Å². The normalized spacial score (nSPS) is 29.1. The first-order valence-corrected chi connectivity index (χ1v) is 5.68. The van der Waals surface area contributed by atoms with E-state index in [1.165, 1.54) is 12.8 Å². The SMILES string of the molecule is CC(C)C1COC(C2CCNCC2)=N1. The average Bonchev–Trinajstić information content (AvgIpc) is 2.68. The maximum absolute atomic E-state index is 5.69. The molecule has 0 radical (unpaired) electrons. The molecule has 3 nitrogen and oxygen atoms in total. The predicted molar refractivity (Wildman–Crippen MR) is 57.6 cm³/mol. The van der Waals surface area contributed by atoms with E-state index >= 15 is 0 Å². The molecule has 1 fully saturated rings. The molecule has 2 aliphatic rings. The third-order valence-corrected chi connectivity index (χ3v) is 3.15. The highest BCUT2D eigenvalue weighted by Crippen LogP contribution is 2.22. The molecule has 0 amide bonds. The van der Waals surface area contributed by atoms with Crippen molar-refractivity contribution in [2.45, 2.75) is 32.7 Å². The van der Waals surface area contributed by atoms with Gasteiger partial charge in [-0.2, -0.15) is 0 Å². The fourth-order valence-electron chi connectivity index (χ4n) is 2.04. The molecule has 14 heavy (non-hydrogen) atoms. The van der Waals surface area contributed by atoms with Gasteiger partial charge in [-0.05, 0) is 31.8 Å². The molecule has 0 aromatic rings. The van der Waals surface area contributed by atoms with Gasteiger partial charge in [0.15, 0.2) is 5.90 Å². The first-order chi connectivity index (χ1) is 6.77. The number of aliphatic imine (C=N–C) groups is 1. The van der Waals surface area contributed by atoms with Crippen molar-refractivity contribution in [3.05, 3.63) is 0 Å². The Balaban J connectivity index is 1.94. The van der Waals surface area contributed by atoms with Gasteiger partial charge >= 0.3 is 0 Å². The highest BCUT2D eigenvalue weighted by Gasteiger charge is 2.28. The minimum Gasteiger partial charge on any atom is -0.478 e. The fourth-order valence-corrected chi connectivity index (χ4v) is 2.04. The number of nitrogens with one attached hydrogen (secondary N) is 1. The van der Waals surface area contributed by atoms with E-state index in [-0.39, 0.29) is 0 Å². The van der Waals surface area contributed by atoms with Crippen LogP contribution in [0, 0.1) is 11.8 Å². The monoisotopic (exact) mass is 196 g/mol. The van der Waals surface area contributed by atoms with Gasteiger partial charge in [-0.3, -0.25) is 0 Å². The lowest BCUT2D eigenvalue weighted by Gasteiger charge is -2.21. The Labute approximate surface area is 85.9 Å². The molecular formula is C11H20N2O. The minimum atomic E-state index is 0.403. The summed E-state index contributed by atoms with van der Waals surface area (Å²) in [6.45, 7) is 7.45. The number of piperidine rings is 1. The molecule has 1 unspecified atom stereocenters. The maximum atomic E-state index is 5.69. The summed E-state index contributed by atoms with van der Waals surface area (Å²) in [7, 11) is 0. The Hall–Kier alpha value is -0.570. The molecule has 2 rings (SSSR count). The summed E-state index contributed by atoms with van der Waals surface area (Å²) in [5.41, 5.74) is 0. The number of hydrogen-bond acceptors (Lipinski definition) is 3. The molecule has 0 aromatic heterocycles. The van der Waals surface area contributed by atoms with E-state index in [4.69, 9.17) is 4.74 Å². The number of rotatable bonds is 2. The molecule has 0 aromatic carbocycles. The second-order valence-electron chi connectivity index (χ2n) is 4.61. The molecular weight excluding hydrogens is 176 g/mol. The van der Waals surface area contributed by atoms with Gasteiger partial charge in [0.1, 0.15) is 6.61 Å². The van der Waals surface area contributed by atoms with Gasteiger partial charge in [-0.25, -0.2) is 4.99 Å². The van der Waals surface area contributed by atoms with E-state index in [2.05, 4.69) is 24.2 Å². The summed E-state index contributed by atoms with van der Waals surface area (Å²) in [6.07, 6.45) is 2.37. The molecule has 80 valence electrons. The van der Waals surface area contributed by atoms with Crippen LogP contribution in [0.15, 0.2) is 4.99 Å². The standard InChI is InChI=1S/C11H20N2O/c1-8(2)10-7-14-11(13-10)9-3-5-12-6-4-9/h8-10,12H,3-7H2,1-2H3. The molecule has 3 heteroatoms. The van der Waals surface area contributed by atoms with Crippen LogP contribution in [0.3, 0.4) is 0 Å². The van der Waals surface area contributed by atoms with Crippen molar-refractivity contribution >= 4 is 5.90 Å². The van der Waals surface area contributed by atoms with Crippen molar-refractivity contribution in [1.29, 1.82) is 0 Å². The predicted octanol–water partition coefficient (Wildman–Crippen LogP) is 1.44. The summed E-state index contributed by atoms with van der Waals surface area (Å²) in [5, 5.41) is 3.36.